The second-order valence-electron chi connectivity index (χ2n) is 7.08. The van der Waals surface area contributed by atoms with Gasteiger partial charge in [-0.25, -0.2) is 4.79 Å². The molecule has 0 N–H and O–H groups in total. The third-order valence-electron chi connectivity index (χ3n) is 5.03. The van der Waals surface area contributed by atoms with E-state index in [0.717, 1.165) is 11.8 Å². The van der Waals surface area contributed by atoms with E-state index in [1.54, 1.807) is 30.3 Å². The third kappa shape index (κ3) is 4.71. The third-order valence-corrected chi connectivity index (χ3v) is 7.19. The Morgan fingerprint density at radius 2 is 1.91 bits per heavy atom. The zero-order valence-corrected chi connectivity index (χ0v) is 18.3. The fourth-order valence-corrected chi connectivity index (χ4v) is 5.60. The quantitative estimate of drug-likeness (QED) is 0.261. The lowest BCUT2D eigenvalue weighted by atomic mass is 10.1. The SMILES string of the molecule is O=C(SCC=C1SC2CC(=O)N2C1C(=O)OCc1ccc([N+](=O)[O-])cc1)c1ccccc1. The lowest BCUT2D eigenvalue weighted by Crippen LogP contribution is -2.54. The highest BCUT2D eigenvalue weighted by molar-refractivity contribution is 8.14. The number of thioether (sulfide) groups is 2. The van der Waals surface area contributed by atoms with Crippen LogP contribution in [0.15, 0.2) is 65.6 Å². The van der Waals surface area contributed by atoms with Crippen molar-refractivity contribution in [3.8, 4) is 0 Å². The summed E-state index contributed by atoms with van der Waals surface area (Å²) in [6.45, 7) is -0.0563. The average Bonchev–Trinajstić information content (AvgIpc) is 3.10. The molecule has 10 heteroatoms. The number of nitro groups is 1. The van der Waals surface area contributed by atoms with Crippen molar-refractivity contribution in [1.82, 2.24) is 4.90 Å². The summed E-state index contributed by atoms with van der Waals surface area (Å²) in [5.41, 5.74) is 1.16. The van der Waals surface area contributed by atoms with E-state index < -0.39 is 16.9 Å². The number of carbonyl (C=O) groups excluding carboxylic acids is 3. The zero-order valence-electron chi connectivity index (χ0n) is 16.7. The van der Waals surface area contributed by atoms with Crippen molar-refractivity contribution >= 4 is 46.2 Å². The van der Waals surface area contributed by atoms with E-state index in [-0.39, 0.29) is 28.7 Å². The van der Waals surface area contributed by atoms with Gasteiger partial charge in [-0.1, -0.05) is 48.2 Å². The molecule has 0 bridgehead atoms. The van der Waals surface area contributed by atoms with Crippen molar-refractivity contribution in [3.63, 3.8) is 0 Å². The number of non-ortho nitro benzene ring substituents is 1. The maximum atomic E-state index is 12.8. The molecule has 2 heterocycles. The number of amides is 1. The standard InChI is InChI=1S/C22H18N2O6S2/c25-18-12-19-23(18)20(21(26)30-13-14-6-8-16(9-7-14)24(28)29)17(32-19)10-11-31-22(27)15-4-2-1-3-5-15/h1-10,19-20H,11-13H2. The molecule has 0 spiro atoms. The van der Waals surface area contributed by atoms with Crippen molar-refractivity contribution in [2.45, 2.75) is 24.4 Å². The Morgan fingerprint density at radius 1 is 1.19 bits per heavy atom. The monoisotopic (exact) mass is 470 g/mol. The number of β-lactam (4-membered cyclic amide) rings is 1. The Bertz CT molecular complexity index is 1090. The van der Waals surface area contributed by atoms with Crippen LogP contribution >= 0.6 is 23.5 Å². The van der Waals surface area contributed by atoms with Gasteiger partial charge in [0.2, 0.25) is 11.0 Å². The van der Waals surface area contributed by atoms with Crippen LogP contribution in [0.3, 0.4) is 0 Å². The molecule has 2 aliphatic rings. The predicted octanol–water partition coefficient (Wildman–Crippen LogP) is 3.77. The summed E-state index contributed by atoms with van der Waals surface area (Å²) in [7, 11) is 0. The molecular formula is C22H18N2O6S2. The van der Waals surface area contributed by atoms with Gasteiger partial charge in [0, 0.05) is 28.4 Å². The number of benzene rings is 2. The van der Waals surface area contributed by atoms with Crippen LogP contribution in [-0.4, -0.2) is 44.0 Å². The summed E-state index contributed by atoms with van der Waals surface area (Å²) in [5, 5.41) is 10.6. The van der Waals surface area contributed by atoms with Gasteiger partial charge in [-0.15, -0.1) is 11.8 Å². The first-order valence-corrected chi connectivity index (χ1v) is 11.6. The molecular weight excluding hydrogens is 452 g/mol. The van der Waals surface area contributed by atoms with Crippen LogP contribution in [0, 0.1) is 10.1 Å². The molecule has 0 radical (unpaired) electrons. The number of nitrogens with zero attached hydrogens (tertiary/aromatic N) is 2. The highest BCUT2D eigenvalue weighted by Gasteiger charge is 2.52. The molecule has 2 fully saturated rings. The Balaban J connectivity index is 1.39. The fraction of sp³-hybridized carbons (Fsp3) is 0.227. The maximum absolute atomic E-state index is 12.8. The summed E-state index contributed by atoms with van der Waals surface area (Å²) in [4.78, 5) is 49.6. The minimum atomic E-state index is -0.822. The molecule has 2 aromatic carbocycles. The lowest BCUT2D eigenvalue weighted by molar-refractivity contribution is -0.384. The van der Waals surface area contributed by atoms with E-state index in [4.69, 9.17) is 4.74 Å². The maximum Gasteiger partial charge on any atom is 0.334 e. The largest absolute Gasteiger partial charge is 0.459 e. The Kier molecular flexibility index (Phi) is 6.61. The van der Waals surface area contributed by atoms with E-state index in [2.05, 4.69) is 0 Å². The Labute approximate surface area is 192 Å². The normalized spacial score (nSPS) is 20.6. The number of nitro benzene ring substituents is 1. The van der Waals surface area contributed by atoms with Crippen LogP contribution < -0.4 is 0 Å². The molecule has 2 saturated heterocycles. The number of ether oxygens (including phenoxy) is 1. The van der Waals surface area contributed by atoms with Gasteiger partial charge in [0.1, 0.15) is 6.61 Å². The minimum absolute atomic E-state index is 0.0472. The summed E-state index contributed by atoms with van der Waals surface area (Å²) in [6.07, 6.45) is 2.17. The van der Waals surface area contributed by atoms with E-state index in [1.807, 2.05) is 6.07 Å². The average molecular weight is 471 g/mol. The Hall–Kier alpha value is -3.11. The summed E-state index contributed by atoms with van der Waals surface area (Å²) < 4.78 is 5.41. The van der Waals surface area contributed by atoms with E-state index in [1.165, 1.54) is 40.9 Å². The first-order valence-electron chi connectivity index (χ1n) is 9.74. The zero-order chi connectivity index (χ0) is 22.7. The molecule has 0 aromatic heterocycles. The molecule has 1 amide bonds. The van der Waals surface area contributed by atoms with Gasteiger partial charge in [0.25, 0.3) is 5.69 Å². The highest BCUT2D eigenvalue weighted by atomic mass is 32.2. The first-order chi connectivity index (χ1) is 15.4. The van der Waals surface area contributed by atoms with Crippen LogP contribution in [-0.2, 0) is 20.9 Å². The van der Waals surface area contributed by atoms with Gasteiger partial charge in [0.15, 0.2) is 6.04 Å². The summed E-state index contributed by atoms with van der Waals surface area (Å²) >= 11 is 2.57. The predicted molar refractivity (Wildman–Crippen MR) is 121 cm³/mol. The number of esters is 1. The van der Waals surface area contributed by atoms with Crippen LogP contribution in [0.2, 0.25) is 0 Å². The molecule has 2 aromatic rings. The molecule has 2 unspecified atom stereocenters. The van der Waals surface area contributed by atoms with Crippen molar-refractivity contribution in [2.75, 3.05) is 5.75 Å². The van der Waals surface area contributed by atoms with E-state index in [0.29, 0.717) is 28.2 Å². The second-order valence-corrected chi connectivity index (χ2v) is 9.33. The van der Waals surface area contributed by atoms with Gasteiger partial charge in [-0.2, -0.15) is 0 Å². The van der Waals surface area contributed by atoms with E-state index in [9.17, 15) is 24.5 Å². The lowest BCUT2D eigenvalue weighted by Gasteiger charge is -2.35. The molecule has 0 aliphatic carbocycles. The molecule has 8 nitrogen and oxygen atoms in total. The number of hydrogen-bond donors (Lipinski definition) is 0. The van der Waals surface area contributed by atoms with Crippen LogP contribution in [0.5, 0.6) is 0 Å². The molecule has 32 heavy (non-hydrogen) atoms. The van der Waals surface area contributed by atoms with Crippen molar-refractivity contribution in [3.05, 3.63) is 86.8 Å². The Morgan fingerprint density at radius 3 is 2.56 bits per heavy atom. The van der Waals surface area contributed by atoms with Gasteiger partial charge in [-0.3, -0.25) is 19.7 Å². The van der Waals surface area contributed by atoms with Crippen LogP contribution in [0.25, 0.3) is 0 Å². The van der Waals surface area contributed by atoms with Gasteiger partial charge >= 0.3 is 5.97 Å². The number of hydrogen-bond acceptors (Lipinski definition) is 8. The molecule has 2 atom stereocenters. The van der Waals surface area contributed by atoms with Gasteiger partial charge in [-0.05, 0) is 17.7 Å². The van der Waals surface area contributed by atoms with Crippen molar-refractivity contribution < 1.29 is 24.0 Å². The van der Waals surface area contributed by atoms with Crippen LogP contribution in [0.1, 0.15) is 22.3 Å². The summed E-state index contributed by atoms with van der Waals surface area (Å²) in [6, 6.07) is 13.8. The van der Waals surface area contributed by atoms with Crippen molar-refractivity contribution in [1.29, 1.82) is 0 Å². The number of rotatable bonds is 7. The first kappa shape index (κ1) is 22.1. The van der Waals surface area contributed by atoms with Crippen molar-refractivity contribution in [2.24, 2.45) is 0 Å². The smallest absolute Gasteiger partial charge is 0.334 e. The topological polar surface area (TPSA) is 107 Å². The van der Waals surface area contributed by atoms with Gasteiger partial charge < -0.3 is 9.64 Å². The second kappa shape index (κ2) is 9.58. The summed E-state index contributed by atoms with van der Waals surface area (Å²) in [5.74, 6) is -0.301. The minimum Gasteiger partial charge on any atom is -0.459 e. The highest BCUT2D eigenvalue weighted by Crippen LogP contribution is 2.47. The van der Waals surface area contributed by atoms with E-state index >= 15 is 0 Å². The number of fused-ring (bicyclic) bond motifs is 1. The molecule has 164 valence electrons. The molecule has 2 aliphatic heterocycles. The van der Waals surface area contributed by atoms with Gasteiger partial charge in [0.05, 0.1) is 16.7 Å². The molecule has 4 rings (SSSR count). The fourth-order valence-electron chi connectivity index (χ4n) is 3.36. The number of carbonyl (C=O) groups is 3. The molecule has 0 saturated carbocycles. The van der Waals surface area contributed by atoms with Crippen LogP contribution in [0.4, 0.5) is 5.69 Å².